The molecule has 6 heteroatoms. The fraction of sp³-hybridized carbons (Fsp3) is 0.105. The summed E-state index contributed by atoms with van der Waals surface area (Å²) in [5, 5.41) is 4.96. The van der Waals surface area contributed by atoms with Crippen LogP contribution in [0.25, 0.3) is 10.9 Å². The number of rotatable bonds is 5. The van der Waals surface area contributed by atoms with Crippen LogP contribution in [0.1, 0.15) is 16.1 Å². The van der Waals surface area contributed by atoms with E-state index in [1.165, 1.54) is 6.21 Å². The highest BCUT2D eigenvalue weighted by atomic mass is 16.5. The van der Waals surface area contributed by atoms with E-state index < -0.39 is 0 Å². The number of nitrogens with one attached hydrogen (secondary N) is 1. The fourth-order valence-corrected chi connectivity index (χ4v) is 2.42. The first-order valence-corrected chi connectivity index (χ1v) is 7.63. The van der Waals surface area contributed by atoms with Gasteiger partial charge in [0.05, 0.1) is 26.0 Å². The molecule has 1 amide bonds. The van der Waals surface area contributed by atoms with Crippen molar-refractivity contribution in [3.8, 4) is 11.5 Å². The molecule has 0 radical (unpaired) electrons. The standard InChI is InChI=1S/C19H17N3O3/c1-24-17-9-5-7-14(18(17)25-2)12-20-22-19(23)16-11-10-13-6-3-4-8-15(13)21-16/h3-12H,1-2H3,(H,22,23)/b20-12-. The van der Waals surface area contributed by atoms with Crippen molar-refractivity contribution in [1.29, 1.82) is 0 Å². The Hall–Kier alpha value is -3.41. The molecule has 1 aromatic heterocycles. The maximum Gasteiger partial charge on any atom is 0.289 e. The zero-order valence-corrected chi connectivity index (χ0v) is 13.9. The van der Waals surface area contributed by atoms with E-state index >= 15 is 0 Å². The second-order valence-corrected chi connectivity index (χ2v) is 5.17. The Morgan fingerprint density at radius 2 is 1.88 bits per heavy atom. The van der Waals surface area contributed by atoms with Crippen LogP contribution >= 0.6 is 0 Å². The van der Waals surface area contributed by atoms with Crippen LogP contribution in [0.15, 0.2) is 59.7 Å². The van der Waals surface area contributed by atoms with E-state index in [-0.39, 0.29) is 5.91 Å². The molecule has 0 aliphatic heterocycles. The van der Waals surface area contributed by atoms with E-state index in [4.69, 9.17) is 9.47 Å². The molecule has 0 aliphatic carbocycles. The summed E-state index contributed by atoms with van der Waals surface area (Å²) in [5.41, 5.74) is 4.22. The minimum atomic E-state index is -0.385. The maximum atomic E-state index is 12.2. The number of carbonyl (C=O) groups excluding carboxylic acids is 1. The third kappa shape index (κ3) is 3.58. The lowest BCUT2D eigenvalue weighted by Gasteiger charge is -2.09. The lowest BCUT2D eigenvalue weighted by atomic mass is 10.2. The number of hydrogen-bond acceptors (Lipinski definition) is 5. The van der Waals surface area contributed by atoms with Gasteiger partial charge in [0, 0.05) is 10.9 Å². The van der Waals surface area contributed by atoms with Crippen molar-refractivity contribution in [2.75, 3.05) is 14.2 Å². The number of fused-ring (bicyclic) bond motifs is 1. The van der Waals surface area contributed by atoms with Crippen molar-refractivity contribution in [3.63, 3.8) is 0 Å². The first kappa shape index (κ1) is 16.4. The molecule has 0 aliphatic rings. The van der Waals surface area contributed by atoms with Gasteiger partial charge in [0.1, 0.15) is 5.69 Å². The molecular weight excluding hydrogens is 318 g/mol. The number of aromatic nitrogens is 1. The minimum Gasteiger partial charge on any atom is -0.493 e. The average molecular weight is 335 g/mol. The van der Waals surface area contributed by atoms with E-state index in [1.54, 1.807) is 26.4 Å². The second-order valence-electron chi connectivity index (χ2n) is 5.17. The van der Waals surface area contributed by atoms with Crippen molar-refractivity contribution in [2.45, 2.75) is 0 Å². The first-order valence-electron chi connectivity index (χ1n) is 7.63. The molecule has 1 N–H and O–H groups in total. The number of hydrazone groups is 1. The minimum absolute atomic E-state index is 0.299. The zero-order valence-electron chi connectivity index (χ0n) is 13.9. The first-order chi connectivity index (χ1) is 12.2. The highest BCUT2D eigenvalue weighted by molar-refractivity contribution is 5.95. The third-order valence-electron chi connectivity index (χ3n) is 3.63. The number of methoxy groups -OCH3 is 2. The third-order valence-corrected chi connectivity index (χ3v) is 3.63. The topological polar surface area (TPSA) is 72.8 Å². The number of pyridine rings is 1. The lowest BCUT2D eigenvalue weighted by Crippen LogP contribution is -2.19. The number of amides is 1. The number of para-hydroxylation sites is 2. The SMILES string of the molecule is COc1cccc(/C=N\NC(=O)c2ccc3ccccc3n2)c1OC. The molecule has 0 unspecified atom stereocenters. The highest BCUT2D eigenvalue weighted by Gasteiger charge is 2.09. The van der Waals surface area contributed by atoms with Crippen molar-refractivity contribution in [1.82, 2.24) is 10.4 Å². The Bertz CT molecular complexity index is 938. The van der Waals surface area contributed by atoms with Gasteiger partial charge < -0.3 is 9.47 Å². The predicted octanol–water partition coefficient (Wildman–Crippen LogP) is 3.02. The van der Waals surface area contributed by atoms with Crippen LogP contribution in [0.5, 0.6) is 11.5 Å². The summed E-state index contributed by atoms with van der Waals surface area (Å²) in [6.45, 7) is 0. The highest BCUT2D eigenvalue weighted by Crippen LogP contribution is 2.29. The smallest absolute Gasteiger partial charge is 0.289 e. The molecule has 0 spiro atoms. The molecule has 0 bridgehead atoms. The molecule has 1 heterocycles. The van der Waals surface area contributed by atoms with Crippen molar-refractivity contribution < 1.29 is 14.3 Å². The van der Waals surface area contributed by atoms with Gasteiger partial charge in [-0.1, -0.05) is 30.3 Å². The molecule has 0 saturated heterocycles. The van der Waals surface area contributed by atoms with Gasteiger partial charge in [0.2, 0.25) is 0 Å². The quantitative estimate of drug-likeness (QED) is 0.575. The van der Waals surface area contributed by atoms with Crippen LogP contribution in [0, 0.1) is 0 Å². The normalized spacial score (nSPS) is 10.8. The lowest BCUT2D eigenvalue weighted by molar-refractivity contribution is 0.0950. The Kier molecular flexibility index (Phi) is 4.89. The van der Waals surface area contributed by atoms with Gasteiger partial charge in [-0.25, -0.2) is 10.4 Å². The zero-order chi connectivity index (χ0) is 17.6. The summed E-state index contributed by atoms with van der Waals surface area (Å²) in [7, 11) is 3.11. The molecule has 6 nitrogen and oxygen atoms in total. The Balaban J connectivity index is 1.76. The number of carbonyl (C=O) groups is 1. The molecular formula is C19H17N3O3. The molecule has 0 saturated carbocycles. The molecule has 3 aromatic rings. The number of nitrogens with zero attached hydrogens (tertiary/aromatic N) is 2. The summed E-state index contributed by atoms with van der Waals surface area (Å²) >= 11 is 0. The van der Waals surface area contributed by atoms with Crippen LogP contribution in [-0.2, 0) is 0 Å². The summed E-state index contributed by atoms with van der Waals surface area (Å²) in [6.07, 6.45) is 1.50. The number of ether oxygens (including phenoxy) is 2. The summed E-state index contributed by atoms with van der Waals surface area (Å²) < 4.78 is 10.5. The van der Waals surface area contributed by atoms with Crippen LogP contribution in [-0.4, -0.2) is 31.3 Å². The van der Waals surface area contributed by atoms with Gasteiger partial charge in [-0.15, -0.1) is 0 Å². The van der Waals surface area contributed by atoms with E-state index in [0.717, 1.165) is 10.9 Å². The number of benzene rings is 2. The largest absolute Gasteiger partial charge is 0.493 e. The van der Waals surface area contributed by atoms with Gasteiger partial charge >= 0.3 is 0 Å². The van der Waals surface area contributed by atoms with Crippen molar-refractivity contribution in [3.05, 3.63) is 65.9 Å². The van der Waals surface area contributed by atoms with E-state index in [1.807, 2.05) is 42.5 Å². The summed E-state index contributed by atoms with van der Waals surface area (Å²) in [6, 6.07) is 16.5. The van der Waals surface area contributed by atoms with E-state index in [0.29, 0.717) is 22.8 Å². The molecule has 0 atom stereocenters. The van der Waals surface area contributed by atoms with E-state index in [2.05, 4.69) is 15.5 Å². The van der Waals surface area contributed by atoms with Crippen LogP contribution in [0.3, 0.4) is 0 Å². The molecule has 25 heavy (non-hydrogen) atoms. The van der Waals surface area contributed by atoms with Crippen LogP contribution < -0.4 is 14.9 Å². The molecule has 3 rings (SSSR count). The van der Waals surface area contributed by atoms with Crippen LogP contribution in [0.2, 0.25) is 0 Å². The van der Waals surface area contributed by atoms with Gasteiger partial charge in [0.25, 0.3) is 5.91 Å². The van der Waals surface area contributed by atoms with Gasteiger partial charge in [-0.2, -0.15) is 5.10 Å². The maximum absolute atomic E-state index is 12.2. The molecule has 0 fully saturated rings. The molecule has 126 valence electrons. The summed E-state index contributed by atoms with van der Waals surface area (Å²) in [5.74, 6) is 0.754. The number of hydrogen-bond donors (Lipinski definition) is 1. The van der Waals surface area contributed by atoms with Crippen molar-refractivity contribution in [2.24, 2.45) is 5.10 Å². The summed E-state index contributed by atoms with van der Waals surface area (Å²) in [4.78, 5) is 16.5. The van der Waals surface area contributed by atoms with E-state index in [9.17, 15) is 4.79 Å². The second kappa shape index (κ2) is 7.44. The van der Waals surface area contributed by atoms with Gasteiger partial charge in [0.15, 0.2) is 11.5 Å². The van der Waals surface area contributed by atoms with Gasteiger partial charge in [-0.05, 0) is 24.3 Å². The van der Waals surface area contributed by atoms with Gasteiger partial charge in [-0.3, -0.25) is 4.79 Å². The Morgan fingerprint density at radius 3 is 2.68 bits per heavy atom. The average Bonchev–Trinajstić information content (AvgIpc) is 2.67. The van der Waals surface area contributed by atoms with Crippen molar-refractivity contribution >= 4 is 23.0 Å². The fourth-order valence-electron chi connectivity index (χ4n) is 2.42. The Labute approximate surface area is 145 Å². The molecule has 2 aromatic carbocycles. The Morgan fingerprint density at radius 1 is 1.04 bits per heavy atom. The predicted molar refractivity (Wildman–Crippen MR) is 96.3 cm³/mol. The van der Waals surface area contributed by atoms with Crippen LogP contribution in [0.4, 0.5) is 0 Å². The monoisotopic (exact) mass is 335 g/mol.